The molecule has 10 heterocycles. The van der Waals surface area contributed by atoms with E-state index < -0.39 is 17.4 Å². The lowest BCUT2D eigenvalue weighted by Gasteiger charge is -2.04. The number of hydrogen-bond donors (Lipinski definition) is 6. The zero-order valence-corrected chi connectivity index (χ0v) is 61.1. The number of H-pyrrole nitrogens is 1. The Hall–Kier alpha value is -10.5. The Morgan fingerprint density at radius 2 is 1.12 bits per heavy atom. The molecule has 0 aliphatic carbocycles. The van der Waals surface area contributed by atoms with Crippen molar-refractivity contribution >= 4 is 140 Å². The summed E-state index contributed by atoms with van der Waals surface area (Å²) in [4.78, 5) is 77.7. The van der Waals surface area contributed by atoms with Gasteiger partial charge < -0.3 is 47.2 Å². The van der Waals surface area contributed by atoms with Crippen LogP contribution < -0.4 is 51.3 Å². The average molecular weight is 1620 g/mol. The summed E-state index contributed by atoms with van der Waals surface area (Å²) in [7, 11) is 0. The Bertz CT molecular complexity index is 4840. The number of aromatic nitrogens is 20. The largest absolute Gasteiger partial charge is 0.468 e. The second-order valence-electron chi connectivity index (χ2n) is 20.1. The second-order valence-corrected chi connectivity index (χ2v) is 23.6. The summed E-state index contributed by atoms with van der Waals surface area (Å²) in [6.45, 7) is 14.5. The molecule has 40 heteroatoms. The van der Waals surface area contributed by atoms with Crippen LogP contribution >= 0.6 is 82.6 Å². The highest BCUT2D eigenvalue weighted by molar-refractivity contribution is 9.11. The number of aromatic amines is 1. The Kier molecular flexibility index (Phi) is 32.4. The van der Waals surface area contributed by atoms with Gasteiger partial charge in [0.1, 0.15) is 29.2 Å². The molecule has 12 aromatic rings. The number of nitrogens with two attached hydrogens (primary N) is 5. The number of nitrogens with one attached hydrogen (secondary N) is 1. The number of nitrogens with zero attached hydrogens (tertiary/aromatic N) is 19. The SMILES string of the molecule is CCOC=O.Cc1c(Br)nnc(N)c1Br.Cc1cnnc(N)c1.Cc1cnnc(N)c1Br.Cc1cnnc(N)c1C(N)=O.Cc1cnnc2nc[nH]c(=O)c12.Cc1cnnc2ncn(Cc3nn(CCc4ccc(Cl)cc4)c(=O)o3)c(=O)c12.O=c1oc(CCl)nn1CCc1ccc(Cl)cc1. The lowest BCUT2D eigenvalue weighted by atomic mass is 10.1. The minimum Gasteiger partial charge on any atom is -0.468 e. The van der Waals surface area contributed by atoms with E-state index in [1.807, 2.05) is 57.2 Å². The minimum absolute atomic E-state index is 0.00722. The van der Waals surface area contributed by atoms with Crippen LogP contribution in [0.1, 0.15) is 73.6 Å². The van der Waals surface area contributed by atoms with Gasteiger partial charge in [-0.25, -0.2) is 19.6 Å². The molecule has 12 rings (SSSR count). The van der Waals surface area contributed by atoms with E-state index in [1.54, 1.807) is 64.5 Å². The van der Waals surface area contributed by atoms with Crippen LogP contribution in [0.3, 0.4) is 0 Å². The van der Waals surface area contributed by atoms with Gasteiger partial charge >= 0.3 is 11.5 Å². The molecular formula is C60H63Br3Cl3N25O9. The number of amides is 1. The fourth-order valence-electron chi connectivity index (χ4n) is 7.67. The first-order valence-electron chi connectivity index (χ1n) is 28.8. The van der Waals surface area contributed by atoms with Gasteiger partial charge in [-0.1, -0.05) is 47.5 Å². The van der Waals surface area contributed by atoms with E-state index in [1.165, 1.54) is 39.0 Å². The van der Waals surface area contributed by atoms with Crippen molar-refractivity contribution in [2.24, 2.45) is 5.73 Å². The van der Waals surface area contributed by atoms with E-state index in [2.05, 4.69) is 139 Å². The molecule has 0 saturated heterocycles. The lowest BCUT2D eigenvalue weighted by molar-refractivity contribution is -0.128. The molecule has 0 spiro atoms. The zero-order chi connectivity index (χ0) is 73.6. The first-order valence-corrected chi connectivity index (χ1v) is 32.5. The molecule has 0 aliphatic rings. The van der Waals surface area contributed by atoms with Crippen molar-refractivity contribution in [3.8, 4) is 0 Å². The summed E-state index contributed by atoms with van der Waals surface area (Å²) in [5.41, 5.74) is 34.2. The normalized spacial score (nSPS) is 10.2. The molecule has 0 saturated carbocycles. The third-order valence-electron chi connectivity index (χ3n) is 12.7. The number of anilines is 4. The van der Waals surface area contributed by atoms with Crippen molar-refractivity contribution in [1.29, 1.82) is 0 Å². The number of aryl methyl sites for hydroxylation is 9. The Morgan fingerprint density at radius 3 is 1.57 bits per heavy atom. The Balaban J connectivity index is 0.000000218. The molecule has 100 heavy (non-hydrogen) atoms. The predicted octanol–water partition coefficient (Wildman–Crippen LogP) is 7.12. The number of ether oxygens (including phenoxy) is 1. The van der Waals surface area contributed by atoms with Gasteiger partial charge in [0.2, 0.25) is 11.8 Å². The van der Waals surface area contributed by atoms with Crippen molar-refractivity contribution in [2.75, 3.05) is 29.5 Å². The number of nitrogen functional groups attached to an aromatic ring is 4. The fourth-order valence-corrected chi connectivity index (χ4v) is 9.02. The number of alkyl halides is 1. The molecule has 0 fully saturated rings. The molecule has 2 aromatic carbocycles. The first-order chi connectivity index (χ1) is 47.7. The summed E-state index contributed by atoms with van der Waals surface area (Å²) >= 11 is 26.9. The molecule has 0 atom stereocenters. The lowest BCUT2D eigenvalue weighted by Crippen LogP contribution is -2.22. The van der Waals surface area contributed by atoms with Crippen LogP contribution in [0.4, 0.5) is 23.3 Å². The zero-order valence-electron chi connectivity index (χ0n) is 54.1. The molecule has 0 radical (unpaired) electrons. The molecular weight excluding hydrogens is 1560 g/mol. The van der Waals surface area contributed by atoms with Crippen LogP contribution in [0.25, 0.3) is 22.1 Å². The maximum atomic E-state index is 12.7. The highest BCUT2D eigenvalue weighted by Gasteiger charge is 2.15. The van der Waals surface area contributed by atoms with Gasteiger partial charge in [-0.2, -0.15) is 34.9 Å². The van der Waals surface area contributed by atoms with E-state index in [-0.39, 0.29) is 52.4 Å². The summed E-state index contributed by atoms with van der Waals surface area (Å²) in [6.07, 6.45) is 11.7. The minimum atomic E-state index is -0.576. The summed E-state index contributed by atoms with van der Waals surface area (Å²) in [5.74, 6) is 0.260. The number of carbonyl (C=O) groups is 2. The van der Waals surface area contributed by atoms with Crippen molar-refractivity contribution in [1.82, 2.24) is 100 Å². The molecule has 1 amide bonds. The predicted molar refractivity (Wildman–Crippen MR) is 384 cm³/mol. The molecule has 11 N–H and O–H groups in total. The third kappa shape index (κ3) is 25.1. The molecule has 10 aromatic heterocycles. The summed E-state index contributed by atoms with van der Waals surface area (Å²) < 4.78 is 20.3. The van der Waals surface area contributed by atoms with Gasteiger partial charge in [0.15, 0.2) is 28.7 Å². The Morgan fingerprint density at radius 1 is 0.620 bits per heavy atom. The van der Waals surface area contributed by atoms with Crippen molar-refractivity contribution in [3.05, 3.63) is 225 Å². The third-order valence-corrected chi connectivity index (χ3v) is 16.2. The number of benzene rings is 2. The summed E-state index contributed by atoms with van der Waals surface area (Å²) in [6, 6.07) is 16.6. The van der Waals surface area contributed by atoms with Crippen molar-refractivity contribution in [3.63, 3.8) is 0 Å². The maximum absolute atomic E-state index is 12.7. The number of fused-ring (bicyclic) bond motifs is 2. The van der Waals surface area contributed by atoms with E-state index in [4.69, 9.17) is 72.3 Å². The highest BCUT2D eigenvalue weighted by Crippen LogP contribution is 2.25. The fraction of sp³-hybridized carbons (Fsp3) is 0.233. The number of primary amides is 1. The number of halogens is 6. The molecule has 0 aliphatic heterocycles. The monoisotopic (exact) mass is 1620 g/mol. The Labute approximate surface area is 607 Å². The van der Waals surface area contributed by atoms with Crippen LogP contribution in [0, 0.1) is 41.5 Å². The topological polar surface area (TPSA) is 505 Å². The van der Waals surface area contributed by atoms with E-state index in [0.29, 0.717) is 98.7 Å². The van der Waals surface area contributed by atoms with Gasteiger partial charge in [-0.15, -0.1) is 57.5 Å². The standard InChI is InChI=1S/C18H15ClN6O3.C11H10Cl2N2O2.C7H6N4O.C6H8N4O.C5H5Br2N3.C5H6BrN3.C5H7N3.C3H6O2/c1-11-8-21-22-16-15(11)17(26)24(10-20-16)9-14-23-25(18(27)28-14)7-6-12-2-4-13(19)5-3-12;12-7-10-14-15(11(16)17-10)6-5-8-1-3-9(13)4-2-8;1-4-2-10-11-6-5(4)7(12)9-3-8-6;1-3-2-9-10-5(7)4(3)6(8)11;1-2-3(6)5(8)10-9-4(2)7;1-3-2-8-9-5(7)4(3)6;1-4-2-5(6)8-7-3-4;1-2-5-3-4/h2-5,8,10H,6-7,9H2,1H3;1-4H,5-7H2;2-3H,1H3,(H,8,9,11,12);2H,1H3,(H2,7,10)(H2,8,11);1H3,(H2,8,10);2H,1H3,(H2,7,9);2-3H,1H3,(H2,6,8);3H,2H2,1H3. The first kappa shape index (κ1) is 80.2. The van der Waals surface area contributed by atoms with Crippen molar-refractivity contribution in [2.45, 2.75) is 86.8 Å². The number of carbonyl (C=O) groups excluding carboxylic acids is 2. The van der Waals surface area contributed by atoms with Crippen LogP contribution in [0.2, 0.25) is 10.0 Å². The van der Waals surface area contributed by atoms with Gasteiger partial charge in [0, 0.05) is 15.6 Å². The quantitative estimate of drug-likeness (QED) is 0.0523. The summed E-state index contributed by atoms with van der Waals surface area (Å²) in [5, 5.41) is 54.3. The highest BCUT2D eigenvalue weighted by atomic mass is 79.9. The average Bonchev–Trinajstić information content (AvgIpc) is 1.06. The second kappa shape index (κ2) is 40.4. The smallest absolute Gasteiger partial charge is 0.437 e. The van der Waals surface area contributed by atoms with Gasteiger partial charge in [0.05, 0.1) is 82.3 Å². The van der Waals surface area contributed by atoms with Crippen molar-refractivity contribution < 1.29 is 23.2 Å². The molecule has 0 unspecified atom stereocenters. The van der Waals surface area contributed by atoms with E-state index in [9.17, 15) is 28.8 Å². The van der Waals surface area contributed by atoms with Crippen LogP contribution in [0.5, 0.6) is 0 Å². The van der Waals surface area contributed by atoms with Crippen LogP contribution in [-0.4, -0.2) is 119 Å². The van der Waals surface area contributed by atoms with Gasteiger partial charge in [0.25, 0.3) is 23.5 Å². The number of hydrogen-bond acceptors (Lipinski definition) is 29. The van der Waals surface area contributed by atoms with Gasteiger partial charge in [-0.05, 0) is 178 Å². The molecule has 34 nitrogen and oxygen atoms in total. The van der Waals surface area contributed by atoms with Crippen LogP contribution in [0.15, 0.2) is 140 Å². The maximum Gasteiger partial charge on any atom is 0.437 e. The van der Waals surface area contributed by atoms with E-state index >= 15 is 0 Å². The van der Waals surface area contributed by atoms with Crippen LogP contribution in [-0.2, 0) is 47.9 Å². The van der Waals surface area contributed by atoms with Gasteiger partial charge in [-0.3, -0.25) is 23.7 Å². The molecule has 0 bridgehead atoms. The molecule has 524 valence electrons. The number of rotatable bonds is 12. The van der Waals surface area contributed by atoms with E-state index in [0.717, 1.165) is 42.3 Å².